The molecule has 1 aromatic carbocycles. The summed E-state index contributed by atoms with van der Waals surface area (Å²) in [5.74, 6) is -1.76. The van der Waals surface area contributed by atoms with E-state index in [2.05, 4.69) is 5.32 Å². The zero-order valence-corrected chi connectivity index (χ0v) is 13.4. The first-order valence-corrected chi connectivity index (χ1v) is 4.33. The summed E-state index contributed by atoms with van der Waals surface area (Å²) in [5, 5.41) is 20.1. The molecule has 0 aliphatic rings. The average Bonchev–Trinajstić information content (AvgIpc) is 2.18. The second-order valence-corrected chi connectivity index (χ2v) is 3.02. The Bertz CT molecular complexity index is 392. The molecule has 0 spiro atoms. The van der Waals surface area contributed by atoms with Crippen LogP contribution in [-0.4, -0.2) is 28.2 Å². The summed E-state index contributed by atoms with van der Waals surface area (Å²) in [5.41, 5.74) is 0.169. The summed E-state index contributed by atoms with van der Waals surface area (Å²) in [7, 11) is 0. The molecule has 0 bridgehead atoms. The van der Waals surface area contributed by atoms with Gasteiger partial charge in [0.05, 0.1) is 11.3 Å². The van der Waals surface area contributed by atoms with Crippen molar-refractivity contribution in [3.05, 3.63) is 29.8 Å². The van der Waals surface area contributed by atoms with E-state index < -0.39 is 18.0 Å². The summed E-state index contributed by atoms with van der Waals surface area (Å²) in [6.45, 7) is 1.30. The molecular formula is C10H11AcNO4. The zero-order chi connectivity index (χ0) is 11.4. The third-order valence-electron chi connectivity index (χ3n) is 1.79. The van der Waals surface area contributed by atoms with Crippen LogP contribution in [-0.2, 0) is 4.79 Å². The molecule has 6 heteroatoms. The van der Waals surface area contributed by atoms with Crippen LogP contribution in [0.15, 0.2) is 24.3 Å². The Morgan fingerprint density at radius 1 is 1.31 bits per heavy atom. The summed E-state index contributed by atoms with van der Waals surface area (Å²) >= 11 is 0. The molecule has 0 unspecified atom stereocenters. The number of hydrogen-bond acceptors (Lipinski definition) is 3. The fraction of sp³-hybridized carbons (Fsp3) is 0.200. The van der Waals surface area contributed by atoms with Crippen LogP contribution < -0.4 is 5.32 Å². The van der Waals surface area contributed by atoms with E-state index in [0.717, 1.165) is 0 Å². The number of hydrogen-bond donors (Lipinski definition) is 3. The van der Waals surface area contributed by atoms with Crippen molar-refractivity contribution in [2.45, 2.75) is 13.0 Å². The Morgan fingerprint density at radius 2 is 1.88 bits per heavy atom. The summed E-state index contributed by atoms with van der Waals surface area (Å²) in [4.78, 5) is 21.9. The molecule has 16 heavy (non-hydrogen) atoms. The number of aliphatic hydroxyl groups excluding tert-OH is 1. The first kappa shape index (κ1) is 15.6. The second-order valence-electron chi connectivity index (χ2n) is 3.02. The van der Waals surface area contributed by atoms with E-state index in [1.807, 2.05) is 0 Å². The molecule has 0 aliphatic heterocycles. The van der Waals surface area contributed by atoms with Crippen LogP contribution in [0, 0.1) is 44.1 Å². The molecule has 1 amide bonds. The molecule has 0 aliphatic carbocycles. The van der Waals surface area contributed by atoms with Crippen molar-refractivity contribution in [1.82, 2.24) is 0 Å². The first-order chi connectivity index (χ1) is 7.02. The topological polar surface area (TPSA) is 86.6 Å². The van der Waals surface area contributed by atoms with Gasteiger partial charge in [-0.05, 0) is 19.1 Å². The molecule has 0 saturated heterocycles. The fourth-order valence-electron chi connectivity index (χ4n) is 1.02. The maximum absolute atomic E-state index is 11.1. The number of amides is 1. The molecule has 1 radical (unpaired) electrons. The van der Waals surface area contributed by atoms with Gasteiger partial charge in [0, 0.05) is 44.1 Å². The normalized spacial score (nSPS) is 11.1. The predicted octanol–water partition coefficient (Wildman–Crippen LogP) is 0.704. The van der Waals surface area contributed by atoms with Gasteiger partial charge in [0.25, 0.3) is 5.91 Å². The van der Waals surface area contributed by atoms with Gasteiger partial charge in [-0.2, -0.15) is 0 Å². The standard InChI is InChI=1S/C10H11NO4.Ac/c1-6(12)9(13)11-8-5-3-2-4-7(8)10(14)15;/h2-6,12H,1H3,(H,11,13)(H,14,15);/t6-;/m0./s1. The summed E-state index contributed by atoms with van der Waals surface area (Å²) in [6.07, 6.45) is -1.17. The van der Waals surface area contributed by atoms with Crippen LogP contribution in [0.25, 0.3) is 0 Å². The Kier molecular flexibility index (Phi) is 6.81. The van der Waals surface area contributed by atoms with Gasteiger partial charge < -0.3 is 15.5 Å². The number of carboxylic acids is 1. The number of para-hydroxylation sites is 1. The van der Waals surface area contributed by atoms with Crippen molar-refractivity contribution in [3.63, 3.8) is 0 Å². The minimum absolute atomic E-state index is 0. The number of nitrogens with one attached hydrogen (secondary N) is 1. The molecule has 1 aromatic rings. The van der Waals surface area contributed by atoms with Crippen LogP contribution in [0.1, 0.15) is 17.3 Å². The van der Waals surface area contributed by atoms with Crippen LogP contribution in [0.2, 0.25) is 0 Å². The van der Waals surface area contributed by atoms with E-state index in [0.29, 0.717) is 0 Å². The Labute approximate surface area is 128 Å². The molecule has 1 rings (SSSR count). The molecular weight excluding hydrogens is 425 g/mol. The third-order valence-corrected chi connectivity index (χ3v) is 1.79. The average molecular weight is 436 g/mol. The Hall–Kier alpha value is -0.438. The first-order valence-electron chi connectivity index (χ1n) is 4.33. The minimum atomic E-state index is -1.17. The maximum atomic E-state index is 11.1. The van der Waals surface area contributed by atoms with Crippen molar-refractivity contribution in [2.24, 2.45) is 0 Å². The van der Waals surface area contributed by atoms with E-state index in [9.17, 15) is 9.59 Å². The van der Waals surface area contributed by atoms with Gasteiger partial charge in [0.15, 0.2) is 0 Å². The largest absolute Gasteiger partial charge is 0.478 e. The van der Waals surface area contributed by atoms with Crippen molar-refractivity contribution < 1.29 is 63.9 Å². The Balaban J connectivity index is 0.00000225. The Morgan fingerprint density at radius 3 is 2.38 bits per heavy atom. The zero-order valence-electron chi connectivity index (χ0n) is 8.68. The van der Waals surface area contributed by atoms with E-state index in [-0.39, 0.29) is 55.3 Å². The van der Waals surface area contributed by atoms with E-state index >= 15 is 0 Å². The number of carbonyl (C=O) groups is 2. The van der Waals surface area contributed by atoms with E-state index in [1.54, 1.807) is 12.1 Å². The van der Waals surface area contributed by atoms with Gasteiger partial charge in [0.1, 0.15) is 6.10 Å². The van der Waals surface area contributed by atoms with Gasteiger partial charge in [-0.1, -0.05) is 12.1 Å². The van der Waals surface area contributed by atoms with Crippen molar-refractivity contribution in [2.75, 3.05) is 5.32 Å². The number of anilines is 1. The predicted molar refractivity (Wildman–Crippen MR) is 53.7 cm³/mol. The number of carbonyl (C=O) groups excluding carboxylic acids is 1. The van der Waals surface area contributed by atoms with Crippen LogP contribution in [0.3, 0.4) is 0 Å². The van der Waals surface area contributed by atoms with Gasteiger partial charge in [-0.3, -0.25) is 4.79 Å². The molecule has 0 saturated carbocycles. The fourth-order valence-corrected chi connectivity index (χ4v) is 1.02. The number of aromatic carboxylic acids is 1. The number of carboxylic acid groups (broad SMARTS) is 1. The van der Waals surface area contributed by atoms with Crippen LogP contribution in [0.5, 0.6) is 0 Å². The summed E-state index contributed by atoms with van der Waals surface area (Å²) < 4.78 is 0. The van der Waals surface area contributed by atoms with Gasteiger partial charge in [-0.25, -0.2) is 4.79 Å². The molecule has 0 heterocycles. The minimum Gasteiger partial charge on any atom is -0.478 e. The van der Waals surface area contributed by atoms with Crippen molar-refractivity contribution in [1.29, 1.82) is 0 Å². The molecule has 1 atom stereocenters. The summed E-state index contributed by atoms with van der Waals surface area (Å²) in [6, 6.07) is 6.00. The van der Waals surface area contributed by atoms with Gasteiger partial charge in [-0.15, -0.1) is 0 Å². The number of benzene rings is 1. The molecule has 5 nitrogen and oxygen atoms in total. The smallest absolute Gasteiger partial charge is 0.337 e. The SMILES string of the molecule is C[C@H](O)C(=O)Nc1ccccc1C(=O)O.[Ac]. The van der Waals surface area contributed by atoms with Crippen LogP contribution >= 0.6 is 0 Å². The van der Waals surface area contributed by atoms with Crippen molar-refractivity contribution in [3.8, 4) is 0 Å². The number of rotatable bonds is 3. The second kappa shape index (κ2) is 7.00. The van der Waals surface area contributed by atoms with E-state index in [1.165, 1.54) is 19.1 Å². The van der Waals surface area contributed by atoms with Gasteiger partial charge in [0.2, 0.25) is 0 Å². The monoisotopic (exact) mass is 436 g/mol. The van der Waals surface area contributed by atoms with Crippen molar-refractivity contribution >= 4 is 17.6 Å². The van der Waals surface area contributed by atoms with E-state index in [4.69, 9.17) is 10.2 Å². The third kappa shape index (κ3) is 4.20. The molecule has 3 N–H and O–H groups in total. The number of aliphatic hydroxyl groups is 1. The quantitative estimate of drug-likeness (QED) is 0.652. The van der Waals surface area contributed by atoms with Gasteiger partial charge >= 0.3 is 5.97 Å². The molecule has 0 fully saturated rings. The molecule has 83 valence electrons. The molecule has 0 aromatic heterocycles. The van der Waals surface area contributed by atoms with Crippen LogP contribution in [0.4, 0.5) is 5.69 Å². The maximum Gasteiger partial charge on any atom is 0.337 e.